The lowest BCUT2D eigenvalue weighted by Gasteiger charge is -2.43. The Morgan fingerprint density at radius 3 is 2.19 bits per heavy atom. The zero-order chi connectivity index (χ0) is 25.4. The summed E-state index contributed by atoms with van der Waals surface area (Å²) < 4.78 is 6.22. The number of carboxylic acid groups (broad SMARTS) is 1. The molecular formula is C28H25Cl2NO5. The number of carbonyl (C=O) groups excluding carboxylic acids is 2. The molecule has 36 heavy (non-hydrogen) atoms. The van der Waals surface area contributed by atoms with Gasteiger partial charge in [-0.2, -0.15) is 0 Å². The van der Waals surface area contributed by atoms with Crippen molar-refractivity contribution in [1.82, 2.24) is 4.90 Å². The van der Waals surface area contributed by atoms with Crippen molar-refractivity contribution in [2.24, 2.45) is 0 Å². The van der Waals surface area contributed by atoms with Crippen LogP contribution < -0.4 is 4.74 Å². The van der Waals surface area contributed by atoms with Crippen LogP contribution in [0.15, 0.2) is 65.0 Å². The Morgan fingerprint density at radius 2 is 1.58 bits per heavy atom. The highest BCUT2D eigenvalue weighted by Crippen LogP contribution is 2.50. The van der Waals surface area contributed by atoms with Crippen LogP contribution in [0.2, 0.25) is 10.0 Å². The van der Waals surface area contributed by atoms with Gasteiger partial charge in [-0.25, -0.2) is 0 Å². The zero-order valence-corrected chi connectivity index (χ0v) is 21.1. The summed E-state index contributed by atoms with van der Waals surface area (Å²) >= 11 is 12.4. The monoisotopic (exact) mass is 525 g/mol. The topological polar surface area (TPSA) is 83.9 Å². The molecule has 186 valence electrons. The Bertz CT molecular complexity index is 1280. The Hall–Kier alpha value is -3.09. The van der Waals surface area contributed by atoms with Crippen LogP contribution in [0.5, 0.6) is 5.75 Å². The number of hydrogen-bond acceptors (Lipinski definition) is 5. The van der Waals surface area contributed by atoms with E-state index in [2.05, 4.69) is 0 Å². The first-order valence-electron chi connectivity index (χ1n) is 12.0. The molecule has 2 aliphatic carbocycles. The highest BCUT2D eigenvalue weighted by Gasteiger charge is 2.44. The summed E-state index contributed by atoms with van der Waals surface area (Å²) in [7, 11) is 0. The molecule has 2 aromatic carbocycles. The SMILES string of the molecule is O=C(O)CN1C2=C(C(=O)CCC2)C(c2ccccc2OCc2ccc(Cl)cc2Cl)C2=C1CCCC2=O. The first kappa shape index (κ1) is 24.6. The van der Waals surface area contributed by atoms with Gasteiger partial charge in [-0.3, -0.25) is 14.4 Å². The fourth-order valence-electron chi connectivity index (χ4n) is 5.50. The van der Waals surface area contributed by atoms with Gasteiger partial charge in [-0.15, -0.1) is 0 Å². The molecule has 1 heterocycles. The third-order valence-electron chi connectivity index (χ3n) is 7.01. The molecule has 0 fully saturated rings. The number of aliphatic carboxylic acids is 1. The quantitative estimate of drug-likeness (QED) is 0.492. The largest absolute Gasteiger partial charge is 0.489 e. The number of Topliss-reactive ketones (excluding diaryl/α,β-unsaturated/α-hetero) is 2. The standard InChI is InChI=1S/C28H25Cl2NO5/c29-17-12-11-16(19(30)13-17)15-36-24-10-2-1-5-18(24)26-27-20(6-3-8-22(27)32)31(14-25(34)35)21-7-4-9-23(33)28(21)26/h1-2,5,10-13,26H,3-4,6-9,14-15H2,(H,34,35). The summed E-state index contributed by atoms with van der Waals surface area (Å²) in [4.78, 5) is 40.2. The first-order valence-corrected chi connectivity index (χ1v) is 12.8. The molecule has 0 amide bonds. The van der Waals surface area contributed by atoms with Crippen LogP contribution in [0, 0.1) is 0 Å². The van der Waals surface area contributed by atoms with Crippen LogP contribution in [0.1, 0.15) is 55.6 Å². The molecule has 0 saturated carbocycles. The molecule has 1 aliphatic heterocycles. The summed E-state index contributed by atoms with van der Waals surface area (Å²) in [5.41, 5.74) is 3.98. The molecule has 0 saturated heterocycles. The lowest BCUT2D eigenvalue weighted by molar-refractivity contribution is -0.138. The molecule has 0 aromatic heterocycles. The van der Waals surface area contributed by atoms with Gasteiger partial charge in [-0.1, -0.05) is 47.5 Å². The fraction of sp³-hybridized carbons (Fsp3) is 0.321. The lowest BCUT2D eigenvalue weighted by Crippen LogP contribution is -2.41. The summed E-state index contributed by atoms with van der Waals surface area (Å²) in [6.07, 6.45) is 3.25. The Labute approximate surface area is 219 Å². The number of nitrogens with zero attached hydrogens (tertiary/aromatic N) is 1. The second-order valence-corrected chi connectivity index (χ2v) is 10.1. The number of rotatable bonds is 6. The molecule has 0 atom stereocenters. The molecule has 8 heteroatoms. The number of carboxylic acids is 1. The average molecular weight is 526 g/mol. The van der Waals surface area contributed by atoms with Gasteiger partial charge in [0.15, 0.2) is 11.6 Å². The van der Waals surface area contributed by atoms with E-state index in [0.29, 0.717) is 65.5 Å². The van der Waals surface area contributed by atoms with Crippen LogP contribution in [0.4, 0.5) is 0 Å². The van der Waals surface area contributed by atoms with Gasteiger partial charge in [0.05, 0.1) is 0 Å². The van der Waals surface area contributed by atoms with E-state index in [0.717, 1.165) is 22.5 Å². The number of para-hydroxylation sites is 1. The van der Waals surface area contributed by atoms with E-state index in [1.54, 1.807) is 23.1 Å². The van der Waals surface area contributed by atoms with Crippen LogP contribution in [-0.2, 0) is 21.0 Å². The van der Waals surface area contributed by atoms with Crippen LogP contribution >= 0.6 is 23.2 Å². The van der Waals surface area contributed by atoms with Crippen LogP contribution in [0.3, 0.4) is 0 Å². The number of benzene rings is 2. The molecule has 6 nitrogen and oxygen atoms in total. The van der Waals surface area contributed by atoms with Crippen molar-refractivity contribution in [3.05, 3.63) is 86.2 Å². The van der Waals surface area contributed by atoms with Crippen molar-refractivity contribution in [3.63, 3.8) is 0 Å². The lowest BCUT2D eigenvalue weighted by atomic mass is 9.70. The number of halogens is 2. The Morgan fingerprint density at radius 1 is 0.944 bits per heavy atom. The second-order valence-electron chi connectivity index (χ2n) is 9.25. The normalized spacial score (nSPS) is 18.3. The predicted molar refractivity (Wildman–Crippen MR) is 136 cm³/mol. The maximum absolute atomic E-state index is 13.4. The molecule has 3 aliphatic rings. The predicted octanol–water partition coefficient (Wildman–Crippen LogP) is 6.07. The Balaban J connectivity index is 1.62. The van der Waals surface area contributed by atoms with E-state index in [1.165, 1.54) is 0 Å². The minimum Gasteiger partial charge on any atom is -0.489 e. The van der Waals surface area contributed by atoms with E-state index in [-0.39, 0.29) is 24.7 Å². The second kappa shape index (κ2) is 10.1. The van der Waals surface area contributed by atoms with Crippen molar-refractivity contribution >= 4 is 40.7 Å². The molecule has 0 unspecified atom stereocenters. The Kier molecular flexibility index (Phi) is 6.91. The third-order valence-corrected chi connectivity index (χ3v) is 7.60. The van der Waals surface area contributed by atoms with Gasteiger partial charge >= 0.3 is 5.97 Å². The summed E-state index contributed by atoms with van der Waals surface area (Å²) in [5, 5.41) is 10.6. The molecular weight excluding hydrogens is 501 g/mol. The van der Waals surface area contributed by atoms with E-state index in [4.69, 9.17) is 27.9 Å². The minimum absolute atomic E-state index is 0.0443. The molecule has 2 aromatic rings. The van der Waals surface area contributed by atoms with Gasteiger partial charge in [-0.05, 0) is 43.9 Å². The highest BCUT2D eigenvalue weighted by atomic mass is 35.5. The molecule has 0 spiro atoms. The average Bonchev–Trinajstić information content (AvgIpc) is 2.84. The highest BCUT2D eigenvalue weighted by molar-refractivity contribution is 6.35. The molecule has 5 rings (SSSR count). The van der Waals surface area contributed by atoms with Crippen molar-refractivity contribution in [3.8, 4) is 5.75 Å². The number of ether oxygens (including phenoxy) is 1. The first-order chi connectivity index (χ1) is 17.3. The number of allylic oxidation sites excluding steroid dienone is 4. The van der Waals surface area contributed by atoms with Crippen LogP contribution in [-0.4, -0.2) is 34.1 Å². The molecule has 0 bridgehead atoms. The number of hydrogen-bond donors (Lipinski definition) is 1. The summed E-state index contributed by atoms with van der Waals surface area (Å²) in [5.74, 6) is -1.12. The number of ketones is 2. The summed E-state index contributed by atoms with van der Waals surface area (Å²) in [6.45, 7) is -0.0806. The van der Waals surface area contributed by atoms with Crippen LogP contribution in [0.25, 0.3) is 0 Å². The summed E-state index contributed by atoms with van der Waals surface area (Å²) in [6, 6.07) is 12.6. The maximum atomic E-state index is 13.4. The molecule has 0 radical (unpaired) electrons. The number of carbonyl (C=O) groups is 3. The van der Waals surface area contributed by atoms with E-state index in [1.807, 2.05) is 24.3 Å². The van der Waals surface area contributed by atoms with Crippen molar-refractivity contribution in [1.29, 1.82) is 0 Å². The smallest absolute Gasteiger partial charge is 0.323 e. The van der Waals surface area contributed by atoms with Crippen molar-refractivity contribution in [2.75, 3.05) is 6.54 Å². The van der Waals surface area contributed by atoms with E-state index >= 15 is 0 Å². The van der Waals surface area contributed by atoms with Gasteiger partial charge in [0, 0.05) is 62.5 Å². The van der Waals surface area contributed by atoms with E-state index < -0.39 is 11.9 Å². The molecule has 1 N–H and O–H groups in total. The van der Waals surface area contributed by atoms with Crippen molar-refractivity contribution < 1.29 is 24.2 Å². The zero-order valence-electron chi connectivity index (χ0n) is 19.6. The van der Waals surface area contributed by atoms with E-state index in [9.17, 15) is 19.5 Å². The van der Waals surface area contributed by atoms with Gasteiger partial charge < -0.3 is 14.7 Å². The maximum Gasteiger partial charge on any atom is 0.323 e. The minimum atomic E-state index is -0.994. The van der Waals surface area contributed by atoms with Gasteiger partial charge in [0.25, 0.3) is 0 Å². The van der Waals surface area contributed by atoms with Gasteiger partial charge in [0.1, 0.15) is 18.9 Å². The van der Waals surface area contributed by atoms with Crippen molar-refractivity contribution in [2.45, 2.75) is 51.0 Å². The fourth-order valence-corrected chi connectivity index (χ4v) is 5.96. The third kappa shape index (κ3) is 4.56. The van der Waals surface area contributed by atoms with Gasteiger partial charge in [0.2, 0.25) is 0 Å².